The molecule has 8 atom stereocenters. The fourth-order valence-corrected chi connectivity index (χ4v) is 11.5. The van der Waals surface area contributed by atoms with Crippen LogP contribution >= 0.6 is 0 Å². The van der Waals surface area contributed by atoms with Crippen LogP contribution in [0.2, 0.25) is 0 Å². The molecule has 8 rings (SSSR count). The van der Waals surface area contributed by atoms with Crippen LogP contribution < -0.4 is 42.8 Å². The summed E-state index contributed by atoms with van der Waals surface area (Å²) in [5.74, 6) is -3.55. The number of aliphatic hydroxyl groups is 1. The number of carbonyl (C=O) groups excluding carboxylic acids is 7. The SMILES string of the molecule is CCCCCOc1ccc(-c2ccc(-c3ccc(C(=O)N[C@H]4CCCNC(=O)[C@@H]5C[C@H](N)CN5C(=O)[C@H](CCCCN)NC(=O)[C@H](CCc5ccc(O)cc5)NC(=O)[C@@H]5CCCN5C(=O)[C@H]([C@@H](C)O)NC4=O)cc3)cc2)cc1.Cc1ccc(S(=O)(=O)O)cc1. The van der Waals surface area contributed by atoms with Crippen molar-refractivity contribution in [3.05, 3.63) is 138 Å². The number of benzene rings is 5. The molecule has 89 heavy (non-hydrogen) atoms. The smallest absolute Gasteiger partial charge is 0.294 e. The number of aryl methyl sites for hydroxylation is 2. The number of nitrogens with one attached hydrogen (secondary N) is 5. The molecule has 0 spiro atoms. The summed E-state index contributed by atoms with van der Waals surface area (Å²) in [4.78, 5) is 103. The third kappa shape index (κ3) is 19.6. The average molecular weight is 1240 g/mol. The first kappa shape index (κ1) is 68.3. The van der Waals surface area contributed by atoms with Crippen molar-refractivity contribution >= 4 is 51.5 Å². The van der Waals surface area contributed by atoms with Gasteiger partial charge in [-0.25, -0.2) is 0 Å². The first-order valence-corrected chi connectivity index (χ1v) is 32.1. The number of fused-ring (bicyclic) bond motifs is 2. The van der Waals surface area contributed by atoms with E-state index in [-0.39, 0.29) is 80.8 Å². The molecule has 23 heteroatoms. The molecule has 7 amide bonds. The minimum Gasteiger partial charge on any atom is -0.508 e. The molecule has 0 aliphatic carbocycles. The zero-order valence-electron chi connectivity index (χ0n) is 50.8. The third-order valence-corrected chi connectivity index (χ3v) is 17.0. The number of phenols is 1. The van der Waals surface area contributed by atoms with Crippen molar-refractivity contribution in [1.82, 2.24) is 36.4 Å². The molecule has 5 aromatic carbocycles. The number of aliphatic hydroxyl groups excluding tert-OH is 1. The zero-order chi connectivity index (χ0) is 64.2. The number of rotatable bonds is 18. The number of phenolic OH excluding ortho intramolecular Hbond substituents is 1. The number of carbonyl (C=O) groups is 7. The Labute approximate surface area is 520 Å². The lowest BCUT2D eigenvalue weighted by Crippen LogP contribution is -2.61. The van der Waals surface area contributed by atoms with Crippen molar-refractivity contribution in [2.45, 2.75) is 158 Å². The summed E-state index contributed by atoms with van der Waals surface area (Å²) < 4.78 is 35.4. The fourth-order valence-electron chi connectivity index (χ4n) is 11.0. The maximum atomic E-state index is 14.5. The van der Waals surface area contributed by atoms with Crippen molar-refractivity contribution in [2.75, 3.05) is 32.8 Å². The third-order valence-electron chi connectivity index (χ3n) is 16.1. The average Bonchev–Trinajstić information content (AvgIpc) is 3.46. The number of nitrogens with two attached hydrogens (primary N) is 2. The molecule has 0 saturated carbocycles. The fraction of sp³-hybridized carbons (Fsp3) is 0.439. The topological polar surface area (TPSA) is 342 Å². The quantitative estimate of drug-likeness (QED) is 0.0405. The molecule has 3 aliphatic rings. The van der Waals surface area contributed by atoms with Gasteiger partial charge in [0.15, 0.2) is 0 Å². The summed E-state index contributed by atoms with van der Waals surface area (Å²) >= 11 is 0. The summed E-state index contributed by atoms with van der Waals surface area (Å²) in [5.41, 5.74) is 18.0. The maximum absolute atomic E-state index is 14.5. The van der Waals surface area contributed by atoms with E-state index in [4.69, 9.17) is 20.8 Å². The van der Waals surface area contributed by atoms with Gasteiger partial charge >= 0.3 is 0 Å². The van der Waals surface area contributed by atoms with Crippen molar-refractivity contribution in [3.63, 3.8) is 0 Å². The molecule has 0 unspecified atom stereocenters. The van der Waals surface area contributed by atoms with Crippen LogP contribution in [-0.4, -0.2) is 156 Å². The lowest BCUT2D eigenvalue weighted by atomic mass is 9.99. The Balaban J connectivity index is 0.000000924. The second kappa shape index (κ2) is 32.8. The second-order valence-electron chi connectivity index (χ2n) is 23.0. The molecule has 3 saturated heterocycles. The highest BCUT2D eigenvalue weighted by Gasteiger charge is 2.43. The summed E-state index contributed by atoms with van der Waals surface area (Å²) in [6, 6.07) is 27.6. The molecule has 0 radical (unpaired) electrons. The van der Waals surface area contributed by atoms with E-state index < -0.39 is 99.9 Å². The van der Waals surface area contributed by atoms with Crippen molar-refractivity contribution in [2.24, 2.45) is 11.5 Å². The van der Waals surface area contributed by atoms with Crippen LogP contribution in [0.25, 0.3) is 22.3 Å². The Kier molecular flexibility index (Phi) is 25.2. The van der Waals surface area contributed by atoms with Crippen LogP contribution in [0.5, 0.6) is 11.5 Å². The van der Waals surface area contributed by atoms with Gasteiger partial charge in [0.25, 0.3) is 16.0 Å². The Bertz CT molecular complexity index is 3300. The molecular weight excluding hydrogens is 1160 g/mol. The van der Waals surface area contributed by atoms with Crippen LogP contribution in [0.3, 0.4) is 0 Å². The molecule has 0 bridgehead atoms. The standard InChI is InChI=1S/C59H77N9O10.C7H8O3S/c1-3-4-7-34-78-46-28-24-42(25-29-46)40-18-16-39(17-19-40)41-20-22-43(23-21-41)53(71)63-47-11-8-32-62-56(74)51-35-44(61)36-68(51)58(76)49(10-5-6-31-60)65-54(72)48(30-15-38-13-26-45(70)27-14-38)64-57(75)50-12-9-33-67(50)59(77)52(37(2)69)66-55(47)73;1-6-2-4-7(5-3-6)11(8,9)10/h13-14,16-29,37,44,47-52,69-70H,3-12,15,30-36,60-61H2,1-2H3,(H,62,74)(H,63,71)(H,64,75)(H,65,72)(H,66,73);2-5H,1H3,(H,8,9,10)/t37-,44+,47+,48+,49+,50+,51+,52+;/m1./s1. The highest BCUT2D eigenvalue weighted by atomic mass is 32.2. The minimum atomic E-state index is -4.02. The van der Waals surface area contributed by atoms with Crippen LogP contribution in [0.1, 0.15) is 112 Å². The van der Waals surface area contributed by atoms with E-state index >= 15 is 0 Å². The first-order chi connectivity index (χ1) is 42.6. The molecular formula is C66H85N9O13S. The Morgan fingerprint density at radius 3 is 1.92 bits per heavy atom. The van der Waals surface area contributed by atoms with Gasteiger partial charge in [-0.2, -0.15) is 8.42 Å². The number of hydrogen-bond acceptors (Lipinski definition) is 14. The van der Waals surface area contributed by atoms with E-state index in [9.17, 15) is 52.2 Å². The molecule has 3 fully saturated rings. The Morgan fingerprint density at radius 2 is 1.31 bits per heavy atom. The predicted octanol–water partition coefficient (Wildman–Crippen LogP) is 5.06. The van der Waals surface area contributed by atoms with E-state index in [1.165, 1.54) is 41.0 Å². The minimum absolute atomic E-state index is 0.0138. The van der Waals surface area contributed by atoms with Gasteiger partial charge < -0.3 is 62.8 Å². The number of unbranched alkanes of at least 4 members (excludes halogenated alkanes) is 3. The van der Waals surface area contributed by atoms with Gasteiger partial charge in [-0.1, -0.05) is 98.1 Å². The van der Waals surface area contributed by atoms with Gasteiger partial charge in [-0.3, -0.25) is 38.1 Å². The van der Waals surface area contributed by atoms with E-state index in [0.717, 1.165) is 58.4 Å². The van der Waals surface area contributed by atoms with Gasteiger partial charge in [-0.15, -0.1) is 0 Å². The van der Waals surface area contributed by atoms with Gasteiger partial charge in [0.2, 0.25) is 35.4 Å². The highest BCUT2D eigenvalue weighted by Crippen LogP contribution is 2.28. The summed E-state index contributed by atoms with van der Waals surface area (Å²) in [7, 11) is -4.02. The van der Waals surface area contributed by atoms with Crippen LogP contribution in [-0.2, 0) is 45.3 Å². The summed E-state index contributed by atoms with van der Waals surface area (Å²) in [6.07, 6.45) is 4.30. The van der Waals surface area contributed by atoms with E-state index in [0.29, 0.717) is 32.4 Å². The van der Waals surface area contributed by atoms with Crippen LogP contribution in [0.4, 0.5) is 0 Å². The van der Waals surface area contributed by atoms with Crippen LogP contribution in [0, 0.1) is 6.92 Å². The Hall–Kier alpha value is -8.22. The predicted molar refractivity (Wildman–Crippen MR) is 336 cm³/mol. The van der Waals surface area contributed by atoms with Gasteiger partial charge in [0, 0.05) is 31.2 Å². The number of aromatic hydroxyl groups is 1. The lowest BCUT2D eigenvalue weighted by molar-refractivity contribution is -0.144. The van der Waals surface area contributed by atoms with Crippen LogP contribution in [0.15, 0.2) is 126 Å². The van der Waals surface area contributed by atoms with E-state index in [1.54, 1.807) is 48.5 Å². The van der Waals surface area contributed by atoms with E-state index in [1.807, 2.05) is 55.5 Å². The largest absolute Gasteiger partial charge is 0.508 e. The normalized spacial score (nSPS) is 21.8. The van der Waals surface area contributed by atoms with Gasteiger partial charge in [0.1, 0.15) is 47.8 Å². The molecule has 0 aromatic heterocycles. The molecule has 12 N–H and O–H groups in total. The monoisotopic (exact) mass is 1240 g/mol. The Morgan fingerprint density at radius 1 is 0.697 bits per heavy atom. The van der Waals surface area contributed by atoms with Crippen molar-refractivity contribution in [1.29, 1.82) is 0 Å². The van der Waals surface area contributed by atoms with Gasteiger partial charge in [-0.05, 0) is 167 Å². The number of nitrogens with zero attached hydrogens (tertiary/aromatic N) is 2. The molecule has 5 aromatic rings. The number of ether oxygens (including phenoxy) is 1. The first-order valence-electron chi connectivity index (χ1n) is 30.6. The van der Waals surface area contributed by atoms with Crippen molar-refractivity contribution < 1.29 is 61.5 Å². The van der Waals surface area contributed by atoms with Crippen molar-refractivity contribution in [3.8, 4) is 33.8 Å². The summed E-state index contributed by atoms with van der Waals surface area (Å²) in [6.45, 7) is 6.55. The second-order valence-corrected chi connectivity index (χ2v) is 24.4. The lowest BCUT2D eigenvalue weighted by Gasteiger charge is -2.32. The molecule has 478 valence electrons. The zero-order valence-corrected chi connectivity index (χ0v) is 51.6. The maximum Gasteiger partial charge on any atom is 0.294 e. The number of amides is 7. The van der Waals surface area contributed by atoms with E-state index in [2.05, 4.69) is 33.5 Å². The van der Waals surface area contributed by atoms with Gasteiger partial charge in [0.05, 0.1) is 17.6 Å². The molecule has 22 nitrogen and oxygen atoms in total. The molecule has 3 aliphatic heterocycles. The highest BCUT2D eigenvalue weighted by molar-refractivity contribution is 7.85. The number of hydrogen-bond donors (Lipinski definition) is 10. The summed E-state index contributed by atoms with van der Waals surface area (Å²) in [5, 5.41) is 35.0. The molecule has 3 heterocycles.